The van der Waals surface area contributed by atoms with Crippen LogP contribution in [0.25, 0.3) is 33.5 Å². The van der Waals surface area contributed by atoms with Gasteiger partial charge in [-0.1, -0.05) is 73.3 Å². The first-order valence-electron chi connectivity index (χ1n) is 12.0. The molecule has 0 saturated heterocycles. The van der Waals surface area contributed by atoms with Gasteiger partial charge in [0.05, 0.1) is 22.1 Å². The minimum atomic E-state index is -0.332. The van der Waals surface area contributed by atoms with E-state index in [4.69, 9.17) is 37.3 Å². The molecule has 0 saturated carbocycles. The third kappa shape index (κ3) is 5.45. The lowest BCUT2D eigenvalue weighted by molar-refractivity contribution is 0.305. The van der Waals surface area contributed by atoms with Crippen LogP contribution in [0.1, 0.15) is 11.1 Å². The number of furan rings is 1. The Bertz CT molecular complexity index is 2000. The third-order valence-electron chi connectivity index (χ3n) is 6.13. The zero-order chi connectivity index (χ0) is 27.8. The molecule has 6 nitrogen and oxygen atoms in total. The first-order chi connectivity index (χ1) is 19.4. The van der Waals surface area contributed by atoms with Crippen LogP contribution in [-0.4, -0.2) is 15.9 Å². The topological polar surface area (TPSA) is 69.6 Å². The van der Waals surface area contributed by atoms with Gasteiger partial charge in [0, 0.05) is 24.9 Å². The SMILES string of the molecule is O=c1c2ccccc2nc(-c2cc3cc(Cl)ccc3o2)n1N=Cc1ccc(OCc2ccc(Br)cc2Br)c(Cl)c1. The Morgan fingerprint density at radius 3 is 2.65 bits per heavy atom. The molecule has 0 aliphatic carbocycles. The molecule has 2 aromatic heterocycles. The highest BCUT2D eigenvalue weighted by Crippen LogP contribution is 2.30. The Balaban J connectivity index is 1.34. The number of hydrogen-bond acceptors (Lipinski definition) is 5. The zero-order valence-electron chi connectivity index (χ0n) is 20.4. The van der Waals surface area contributed by atoms with Gasteiger partial charge in [-0.3, -0.25) is 4.79 Å². The van der Waals surface area contributed by atoms with E-state index in [0.29, 0.717) is 50.2 Å². The first-order valence-corrected chi connectivity index (χ1v) is 14.3. The van der Waals surface area contributed by atoms with E-state index in [1.54, 1.807) is 60.8 Å². The van der Waals surface area contributed by atoms with Crippen molar-refractivity contribution in [3.8, 4) is 17.3 Å². The van der Waals surface area contributed by atoms with Gasteiger partial charge in [-0.25, -0.2) is 4.98 Å². The number of fused-ring (bicyclic) bond motifs is 2. The smallest absolute Gasteiger partial charge is 0.282 e. The van der Waals surface area contributed by atoms with E-state index in [0.717, 1.165) is 19.9 Å². The monoisotopic (exact) mass is 695 g/mol. The van der Waals surface area contributed by atoms with E-state index in [-0.39, 0.29) is 11.4 Å². The summed E-state index contributed by atoms with van der Waals surface area (Å²) in [5, 5.41) is 6.71. The second-order valence-electron chi connectivity index (χ2n) is 8.82. The van der Waals surface area contributed by atoms with Crippen LogP contribution in [-0.2, 0) is 6.61 Å². The molecule has 0 fully saturated rings. The van der Waals surface area contributed by atoms with Gasteiger partial charge in [0.15, 0.2) is 5.76 Å². The lowest BCUT2D eigenvalue weighted by Gasteiger charge is -2.10. The fraction of sp³-hybridized carbons (Fsp3) is 0.0333. The van der Waals surface area contributed by atoms with E-state index < -0.39 is 0 Å². The molecule has 40 heavy (non-hydrogen) atoms. The van der Waals surface area contributed by atoms with Crippen LogP contribution >= 0.6 is 55.1 Å². The predicted octanol–water partition coefficient (Wildman–Crippen LogP) is 9.10. The summed E-state index contributed by atoms with van der Waals surface area (Å²) in [6.45, 7) is 0.339. The van der Waals surface area contributed by atoms with Crippen molar-refractivity contribution in [2.24, 2.45) is 5.10 Å². The molecule has 0 atom stereocenters. The summed E-state index contributed by atoms with van der Waals surface area (Å²) in [7, 11) is 0. The molecule has 10 heteroatoms. The minimum absolute atomic E-state index is 0.262. The van der Waals surface area contributed by atoms with E-state index in [1.807, 2.05) is 30.3 Å². The maximum absolute atomic E-state index is 13.5. The van der Waals surface area contributed by atoms with Crippen molar-refractivity contribution < 1.29 is 9.15 Å². The molecule has 0 amide bonds. The lowest BCUT2D eigenvalue weighted by atomic mass is 10.2. The van der Waals surface area contributed by atoms with Gasteiger partial charge >= 0.3 is 0 Å². The van der Waals surface area contributed by atoms with Crippen LogP contribution in [0.3, 0.4) is 0 Å². The molecule has 0 spiro atoms. The average molecular weight is 698 g/mol. The largest absolute Gasteiger partial charge is 0.487 e. The van der Waals surface area contributed by atoms with Crippen molar-refractivity contribution in [2.45, 2.75) is 6.61 Å². The maximum Gasteiger partial charge on any atom is 0.282 e. The molecule has 4 aromatic carbocycles. The van der Waals surface area contributed by atoms with Crippen molar-refractivity contribution in [3.05, 3.63) is 125 Å². The second-order valence-corrected chi connectivity index (χ2v) is 11.4. The summed E-state index contributed by atoms with van der Waals surface area (Å²) in [5.41, 5.74) is 2.48. The van der Waals surface area contributed by atoms with E-state index >= 15 is 0 Å². The van der Waals surface area contributed by atoms with E-state index in [1.165, 1.54) is 4.68 Å². The average Bonchev–Trinajstić information content (AvgIpc) is 3.36. The number of halogens is 4. The molecule has 0 aliphatic rings. The van der Waals surface area contributed by atoms with Crippen molar-refractivity contribution in [1.29, 1.82) is 0 Å². The summed E-state index contributed by atoms with van der Waals surface area (Å²) in [6, 6.07) is 25.4. The van der Waals surface area contributed by atoms with Crippen LogP contribution in [0.4, 0.5) is 0 Å². The predicted molar refractivity (Wildman–Crippen MR) is 167 cm³/mol. The quantitative estimate of drug-likeness (QED) is 0.163. The highest BCUT2D eigenvalue weighted by atomic mass is 79.9. The number of ether oxygens (including phenoxy) is 1. The highest BCUT2D eigenvalue weighted by molar-refractivity contribution is 9.11. The van der Waals surface area contributed by atoms with Crippen molar-refractivity contribution in [1.82, 2.24) is 9.66 Å². The molecule has 0 radical (unpaired) electrons. The molecule has 2 heterocycles. The number of para-hydroxylation sites is 1. The highest BCUT2D eigenvalue weighted by Gasteiger charge is 2.17. The van der Waals surface area contributed by atoms with E-state index in [9.17, 15) is 4.79 Å². The zero-order valence-corrected chi connectivity index (χ0v) is 25.1. The minimum Gasteiger partial charge on any atom is -0.487 e. The Morgan fingerprint density at radius 2 is 1.82 bits per heavy atom. The molecular formula is C30H17Br2Cl2N3O3. The summed E-state index contributed by atoms with van der Waals surface area (Å²) in [5.74, 6) is 1.18. The van der Waals surface area contributed by atoms with Crippen molar-refractivity contribution in [3.63, 3.8) is 0 Å². The Labute approximate surface area is 255 Å². The van der Waals surface area contributed by atoms with Crippen molar-refractivity contribution >= 4 is 83.1 Å². The summed E-state index contributed by atoms with van der Waals surface area (Å²) in [4.78, 5) is 18.2. The number of benzene rings is 4. The fourth-order valence-corrected chi connectivity index (χ4v) is 5.73. The number of aromatic nitrogens is 2. The third-order valence-corrected chi connectivity index (χ3v) is 7.89. The molecule has 0 aliphatic heterocycles. The van der Waals surface area contributed by atoms with Gasteiger partial charge in [0.25, 0.3) is 5.56 Å². The first kappa shape index (κ1) is 26.8. The number of nitrogens with zero attached hydrogens (tertiary/aromatic N) is 3. The fourth-order valence-electron chi connectivity index (χ4n) is 4.15. The summed E-state index contributed by atoms with van der Waals surface area (Å²) < 4.78 is 15.1. The van der Waals surface area contributed by atoms with Crippen LogP contribution < -0.4 is 10.3 Å². The van der Waals surface area contributed by atoms with Gasteiger partial charge in [-0.15, -0.1) is 0 Å². The molecule has 6 aromatic rings. The Hall–Kier alpha value is -3.43. The summed E-state index contributed by atoms with van der Waals surface area (Å²) >= 11 is 19.7. The van der Waals surface area contributed by atoms with Crippen LogP contribution in [0.15, 0.2) is 108 Å². The number of rotatable bonds is 6. The lowest BCUT2D eigenvalue weighted by Crippen LogP contribution is -2.20. The molecule has 0 N–H and O–H groups in total. The summed E-state index contributed by atoms with van der Waals surface area (Å²) in [6.07, 6.45) is 1.54. The van der Waals surface area contributed by atoms with Gasteiger partial charge in [0.1, 0.15) is 17.9 Å². The van der Waals surface area contributed by atoms with Crippen LogP contribution in [0.5, 0.6) is 5.75 Å². The van der Waals surface area contributed by atoms with Crippen LogP contribution in [0, 0.1) is 0 Å². The standard InChI is InChI=1S/C30H17Br2Cl2N3O3/c31-20-7-6-18(23(32)14-20)16-39-27-9-5-17(11-24(27)34)15-35-37-29(36-25-4-2-1-3-22(25)30(37)38)28-13-19-12-21(33)8-10-26(19)40-28/h1-15H,16H2. The van der Waals surface area contributed by atoms with Gasteiger partial charge in [-0.05, 0) is 72.3 Å². The van der Waals surface area contributed by atoms with Gasteiger partial charge in [0.2, 0.25) is 5.82 Å². The van der Waals surface area contributed by atoms with Gasteiger partial charge < -0.3 is 9.15 Å². The molecule has 0 unspecified atom stereocenters. The second kappa shape index (κ2) is 11.2. The maximum atomic E-state index is 13.5. The normalized spacial score (nSPS) is 11.6. The van der Waals surface area contributed by atoms with Gasteiger partial charge in [-0.2, -0.15) is 9.78 Å². The molecular weight excluding hydrogens is 681 g/mol. The number of hydrogen-bond donors (Lipinski definition) is 0. The molecule has 6 rings (SSSR count). The molecule has 0 bridgehead atoms. The van der Waals surface area contributed by atoms with E-state index in [2.05, 4.69) is 37.0 Å². The Morgan fingerprint density at radius 1 is 0.975 bits per heavy atom. The molecule has 198 valence electrons. The van der Waals surface area contributed by atoms with Crippen molar-refractivity contribution in [2.75, 3.05) is 0 Å². The Kier molecular flexibility index (Phi) is 7.51. The van der Waals surface area contributed by atoms with Crippen LogP contribution in [0.2, 0.25) is 10.0 Å².